The van der Waals surface area contributed by atoms with E-state index in [1.165, 1.54) is 29.9 Å². The summed E-state index contributed by atoms with van der Waals surface area (Å²) in [6, 6.07) is 12.2. The fourth-order valence-corrected chi connectivity index (χ4v) is 7.26. The van der Waals surface area contributed by atoms with Crippen molar-refractivity contribution in [3.8, 4) is 11.8 Å². The Labute approximate surface area is 325 Å². The predicted molar refractivity (Wildman–Crippen MR) is 200 cm³/mol. The quantitative estimate of drug-likeness (QED) is 0.0702. The number of fused-ring (bicyclic) bond motifs is 1. The van der Waals surface area contributed by atoms with Crippen molar-refractivity contribution in [2.24, 2.45) is 16.8 Å². The van der Waals surface area contributed by atoms with Crippen molar-refractivity contribution >= 4 is 43.3 Å². The molecular weight excluding hydrogens is 749 g/mol. The summed E-state index contributed by atoms with van der Waals surface area (Å²) in [6.07, 6.45) is -0.922. The number of hydrogen-bond acceptors (Lipinski definition) is 15. The first-order valence-corrected chi connectivity index (χ1v) is 19.8. The van der Waals surface area contributed by atoms with E-state index in [4.69, 9.17) is 32.7 Å². The van der Waals surface area contributed by atoms with E-state index < -0.39 is 80.2 Å². The number of benzene rings is 1. The maximum Gasteiger partial charge on any atom is 0.459 e. The first-order chi connectivity index (χ1) is 26.6. The van der Waals surface area contributed by atoms with Crippen LogP contribution in [0.5, 0.6) is 5.75 Å². The summed E-state index contributed by atoms with van der Waals surface area (Å²) in [7, 11) is -1.00. The van der Waals surface area contributed by atoms with Crippen LogP contribution in [0.15, 0.2) is 53.8 Å². The van der Waals surface area contributed by atoms with Gasteiger partial charge in [-0.2, -0.15) is 15.4 Å². The van der Waals surface area contributed by atoms with Gasteiger partial charge in [0.25, 0.3) is 0 Å². The lowest BCUT2D eigenvalue weighted by Gasteiger charge is -2.31. The summed E-state index contributed by atoms with van der Waals surface area (Å²) in [5.41, 5.74) is -1.53. The lowest BCUT2D eigenvalue weighted by Crippen LogP contribution is -2.50. The van der Waals surface area contributed by atoms with Crippen LogP contribution >= 0.6 is 7.75 Å². The molecule has 0 radical (unpaired) electrons. The predicted octanol–water partition coefficient (Wildman–Crippen LogP) is 4.32. The number of nitrogens with one attached hydrogen (secondary N) is 1. The molecule has 0 spiro atoms. The average molecular weight is 798 g/mol. The minimum Gasteiger partial charge on any atom is -0.461 e. The van der Waals surface area contributed by atoms with Gasteiger partial charge in [0.05, 0.1) is 37.1 Å². The van der Waals surface area contributed by atoms with Gasteiger partial charge >= 0.3 is 25.7 Å². The normalized spacial score (nSPS) is 23.1. The van der Waals surface area contributed by atoms with Gasteiger partial charge in [-0.15, -0.1) is 0 Å². The fraction of sp³-hybridized carbons (Fsp3) is 0.541. The summed E-state index contributed by atoms with van der Waals surface area (Å²) in [5.74, 6) is -3.02. The average Bonchev–Trinajstić information content (AvgIpc) is 3.73. The van der Waals surface area contributed by atoms with E-state index in [1.807, 2.05) is 0 Å². The van der Waals surface area contributed by atoms with Gasteiger partial charge in [0, 0.05) is 26.9 Å². The first-order valence-electron chi connectivity index (χ1n) is 18.2. The highest BCUT2D eigenvalue weighted by Gasteiger charge is 2.62. The molecule has 5 rings (SSSR count). The van der Waals surface area contributed by atoms with Crippen LogP contribution in [-0.2, 0) is 47.2 Å². The van der Waals surface area contributed by atoms with E-state index in [1.54, 1.807) is 83.4 Å². The molecule has 2 saturated heterocycles. The molecule has 0 amide bonds. The number of aliphatic imine (C=N–C) groups is 1. The van der Waals surface area contributed by atoms with Gasteiger partial charge in [-0.25, -0.2) is 19.1 Å². The van der Waals surface area contributed by atoms with Gasteiger partial charge in [0.1, 0.15) is 48.5 Å². The zero-order valence-corrected chi connectivity index (χ0v) is 33.3. The molecule has 1 unspecified atom stereocenters. The number of carbonyl (C=O) groups is 3. The number of nitrogens with zero attached hydrogens (tertiary/aromatic N) is 6. The SMILES string of the molecule is CC(C)C(=O)O[C@H]1[C@H](c2ccc3c(N=CN(C)C)ncnn23)O[C@](C#N)(COP(=O)(N[C@@H](C)C(=O)OC2CCOCC2)Oc2ccccc2)[C@H]1OC(=O)C(C)C. The highest BCUT2D eigenvalue weighted by molar-refractivity contribution is 7.52. The fourth-order valence-electron chi connectivity index (χ4n) is 5.74. The Balaban J connectivity index is 1.54. The van der Waals surface area contributed by atoms with E-state index in [2.05, 4.69) is 26.2 Å². The van der Waals surface area contributed by atoms with Crippen LogP contribution in [-0.4, -0.2) is 108 Å². The summed E-state index contributed by atoms with van der Waals surface area (Å²) in [5, 5.41) is 18.0. The Kier molecular flexibility index (Phi) is 13.8. The standard InChI is InChI=1S/C37H48N7O11P/c1-23(2)34(45)52-31-30(28-13-14-29-33(40-22-43(6)7)39-21-41-44(28)29)54-37(19-38,32(31)53-35(46)24(3)4)20-50-56(48,55-27-11-9-8-10-12-27)42-25(5)36(47)51-26-15-17-49-18-16-26/h8-14,21-26,30-32H,15-18,20H2,1-7H3,(H,42,48)/t25-,30-,31-,32-,37+,56?/m0/s1. The summed E-state index contributed by atoms with van der Waals surface area (Å²) in [4.78, 5) is 50.2. The molecule has 6 atom stereocenters. The maximum atomic E-state index is 14.6. The van der Waals surface area contributed by atoms with E-state index in [0.29, 0.717) is 43.1 Å². The van der Waals surface area contributed by atoms with E-state index in [9.17, 15) is 24.2 Å². The van der Waals surface area contributed by atoms with Crippen LogP contribution in [0.3, 0.4) is 0 Å². The molecule has 3 aromatic rings. The van der Waals surface area contributed by atoms with Crippen molar-refractivity contribution in [1.29, 1.82) is 5.26 Å². The molecule has 1 N–H and O–H groups in total. The molecule has 2 aliphatic heterocycles. The molecule has 302 valence electrons. The zero-order chi connectivity index (χ0) is 40.6. The van der Waals surface area contributed by atoms with Crippen molar-refractivity contribution in [3.05, 3.63) is 54.5 Å². The molecule has 0 saturated carbocycles. The number of carbonyl (C=O) groups excluding carboxylic acids is 3. The highest BCUT2D eigenvalue weighted by atomic mass is 31.2. The third kappa shape index (κ3) is 10.1. The summed E-state index contributed by atoms with van der Waals surface area (Å²) >= 11 is 0. The monoisotopic (exact) mass is 797 g/mol. The third-order valence-electron chi connectivity index (χ3n) is 8.76. The number of rotatable bonds is 16. The van der Waals surface area contributed by atoms with E-state index in [-0.39, 0.29) is 5.75 Å². The summed E-state index contributed by atoms with van der Waals surface area (Å²) < 4.78 is 57.3. The van der Waals surface area contributed by atoms with Crippen LogP contribution < -0.4 is 9.61 Å². The van der Waals surface area contributed by atoms with Gasteiger partial charge in [-0.3, -0.25) is 18.9 Å². The number of para-hydroxylation sites is 1. The molecule has 1 aromatic carbocycles. The molecule has 56 heavy (non-hydrogen) atoms. The number of aromatic nitrogens is 3. The summed E-state index contributed by atoms with van der Waals surface area (Å²) in [6.45, 7) is 7.86. The highest BCUT2D eigenvalue weighted by Crippen LogP contribution is 2.50. The molecule has 18 nitrogen and oxygen atoms in total. The lowest BCUT2D eigenvalue weighted by molar-refractivity contribution is -0.173. The Morgan fingerprint density at radius 3 is 2.36 bits per heavy atom. The lowest BCUT2D eigenvalue weighted by atomic mass is 9.95. The van der Waals surface area contributed by atoms with Crippen LogP contribution in [0.25, 0.3) is 5.52 Å². The molecule has 2 aromatic heterocycles. The number of esters is 3. The zero-order valence-electron chi connectivity index (χ0n) is 32.4. The van der Waals surface area contributed by atoms with E-state index in [0.717, 1.165) is 0 Å². The van der Waals surface area contributed by atoms with Crippen LogP contribution in [0, 0.1) is 23.2 Å². The second kappa shape index (κ2) is 18.4. The maximum absolute atomic E-state index is 14.6. The minimum absolute atomic E-state index is 0.114. The molecule has 4 heterocycles. The number of hydrogen-bond donors (Lipinski definition) is 1. The van der Waals surface area contributed by atoms with Gasteiger partial charge in [0.2, 0.25) is 5.60 Å². The Morgan fingerprint density at radius 1 is 1.04 bits per heavy atom. The van der Waals surface area contributed by atoms with Gasteiger partial charge in [0.15, 0.2) is 18.0 Å². The first kappa shape index (κ1) is 42.2. The molecular formula is C37H48N7O11P. The van der Waals surface area contributed by atoms with Gasteiger partial charge in [-0.05, 0) is 31.2 Å². The molecule has 2 aliphatic rings. The minimum atomic E-state index is -4.60. The van der Waals surface area contributed by atoms with Gasteiger partial charge < -0.3 is 33.1 Å². The van der Waals surface area contributed by atoms with Crippen molar-refractivity contribution in [1.82, 2.24) is 24.6 Å². The van der Waals surface area contributed by atoms with Crippen LogP contribution in [0.4, 0.5) is 5.82 Å². The molecule has 19 heteroatoms. The molecule has 0 bridgehead atoms. The Bertz CT molecular complexity index is 1960. The van der Waals surface area contributed by atoms with Gasteiger partial charge in [-0.1, -0.05) is 45.9 Å². The second-order valence-electron chi connectivity index (χ2n) is 14.2. The van der Waals surface area contributed by atoms with Crippen molar-refractivity contribution in [2.75, 3.05) is 33.9 Å². The largest absolute Gasteiger partial charge is 0.461 e. The second-order valence-corrected chi connectivity index (χ2v) is 15.9. The molecule has 2 fully saturated rings. The van der Waals surface area contributed by atoms with E-state index >= 15 is 0 Å². The topological polar surface area (TPSA) is 214 Å². The molecule has 0 aliphatic carbocycles. The smallest absolute Gasteiger partial charge is 0.459 e. The number of nitriles is 1. The van der Waals surface area contributed by atoms with Crippen molar-refractivity contribution in [3.63, 3.8) is 0 Å². The van der Waals surface area contributed by atoms with Crippen molar-refractivity contribution < 1.29 is 51.7 Å². The third-order valence-corrected chi connectivity index (χ3v) is 10.4. The Morgan fingerprint density at radius 2 is 1.71 bits per heavy atom. The van der Waals surface area contributed by atoms with Crippen LogP contribution in [0.1, 0.15) is 59.3 Å². The number of ether oxygens (including phenoxy) is 5. The van der Waals surface area contributed by atoms with Crippen LogP contribution in [0.2, 0.25) is 0 Å². The van der Waals surface area contributed by atoms with Crippen molar-refractivity contribution in [2.45, 2.75) is 83.5 Å². The Hall–Kier alpha value is -4.92.